The largest absolute Gasteiger partial charge is 0.390 e. The number of amides is 1. The lowest BCUT2D eigenvalue weighted by Crippen LogP contribution is -2.50. The summed E-state index contributed by atoms with van der Waals surface area (Å²) in [6, 6.07) is 23.6. The highest BCUT2D eigenvalue weighted by atomic mass is 35.5. The summed E-state index contributed by atoms with van der Waals surface area (Å²) in [7, 11) is 0. The van der Waals surface area contributed by atoms with Crippen molar-refractivity contribution in [1.29, 1.82) is 0 Å². The number of para-hydroxylation sites is 1. The van der Waals surface area contributed by atoms with Crippen LogP contribution in [-0.4, -0.2) is 70.8 Å². The van der Waals surface area contributed by atoms with Crippen LogP contribution in [-0.2, 0) is 0 Å². The van der Waals surface area contributed by atoms with Crippen molar-refractivity contribution in [2.45, 2.75) is 20.0 Å². The van der Waals surface area contributed by atoms with E-state index in [1.54, 1.807) is 6.07 Å². The summed E-state index contributed by atoms with van der Waals surface area (Å²) in [5.41, 5.74) is 5.00. The average Bonchev–Trinajstić information content (AvgIpc) is 3.31. The molecule has 4 aromatic rings. The Hall–Kier alpha value is -2.78. The molecule has 5 rings (SSSR count). The van der Waals surface area contributed by atoms with Crippen molar-refractivity contribution >= 4 is 59.6 Å². The number of halogens is 4. The maximum atomic E-state index is 13.3. The Morgan fingerprint density at radius 2 is 1.55 bits per heavy atom. The molecule has 0 saturated carbocycles. The smallest absolute Gasteiger partial charge is 0.271 e. The molecule has 11 heteroatoms. The third-order valence-corrected chi connectivity index (χ3v) is 8.13. The molecule has 1 unspecified atom stereocenters. The zero-order valence-electron chi connectivity index (χ0n) is 23.5. The molecule has 1 fully saturated rings. The van der Waals surface area contributed by atoms with E-state index >= 15 is 0 Å². The first-order chi connectivity index (χ1) is 19.3. The number of rotatable bonds is 8. The molecule has 3 aromatic carbocycles. The molecule has 224 valence electrons. The number of anilines is 1. The summed E-state index contributed by atoms with van der Waals surface area (Å²) in [4.78, 5) is 22.5. The molecule has 42 heavy (non-hydrogen) atoms. The maximum absolute atomic E-state index is 13.3. The number of carbonyl (C=O) groups is 1. The van der Waals surface area contributed by atoms with E-state index in [0.29, 0.717) is 28.1 Å². The second kappa shape index (κ2) is 15.1. The summed E-state index contributed by atoms with van der Waals surface area (Å²) >= 11 is 12.6. The Kier molecular flexibility index (Phi) is 12.1. The van der Waals surface area contributed by atoms with Crippen LogP contribution in [0.25, 0.3) is 17.1 Å². The fourth-order valence-electron chi connectivity index (χ4n) is 5.17. The molecule has 1 amide bonds. The molecule has 0 aliphatic carbocycles. The van der Waals surface area contributed by atoms with Crippen LogP contribution in [0.3, 0.4) is 0 Å². The standard InChI is InChI=1S/C31H33Cl2N5O2.2ClH/c1-21-9-6-7-13-26(21)38-22(2)29(35-30(38)23-10-4-3-5-11-23)31(40)34-19-24(39)20-36-15-17-37(18-16-36)27-14-8-12-25(32)28(27)33;;/h3-14,24,39H,15-20H2,1-2H3,(H,34,40);2*1H. The van der Waals surface area contributed by atoms with Gasteiger partial charge in [0.25, 0.3) is 5.91 Å². The minimum atomic E-state index is -0.711. The lowest BCUT2D eigenvalue weighted by molar-refractivity contribution is 0.0847. The number of aromatic nitrogens is 2. The van der Waals surface area contributed by atoms with E-state index in [-0.39, 0.29) is 37.3 Å². The molecule has 0 radical (unpaired) electrons. The van der Waals surface area contributed by atoms with Crippen LogP contribution in [0.4, 0.5) is 5.69 Å². The molecule has 0 spiro atoms. The van der Waals surface area contributed by atoms with Crippen molar-refractivity contribution < 1.29 is 9.90 Å². The van der Waals surface area contributed by atoms with E-state index in [4.69, 9.17) is 28.2 Å². The molecular formula is C31H35Cl4N5O2. The van der Waals surface area contributed by atoms with Crippen molar-refractivity contribution in [3.05, 3.63) is 99.8 Å². The first-order valence-corrected chi connectivity index (χ1v) is 14.2. The van der Waals surface area contributed by atoms with Crippen LogP contribution in [0, 0.1) is 13.8 Å². The quantitative estimate of drug-likeness (QED) is 0.237. The second-order valence-electron chi connectivity index (χ2n) is 10.1. The van der Waals surface area contributed by atoms with Crippen molar-refractivity contribution in [3.63, 3.8) is 0 Å². The van der Waals surface area contributed by atoms with Crippen molar-refractivity contribution in [2.75, 3.05) is 44.2 Å². The molecule has 2 N–H and O–H groups in total. The van der Waals surface area contributed by atoms with E-state index in [2.05, 4.69) is 15.1 Å². The average molecular weight is 651 g/mol. The Morgan fingerprint density at radius 3 is 2.24 bits per heavy atom. The summed E-state index contributed by atoms with van der Waals surface area (Å²) in [5.74, 6) is 0.400. The van der Waals surface area contributed by atoms with Gasteiger partial charge >= 0.3 is 0 Å². The molecule has 1 saturated heterocycles. The van der Waals surface area contributed by atoms with Crippen LogP contribution in [0.1, 0.15) is 21.7 Å². The van der Waals surface area contributed by atoms with Crippen molar-refractivity contribution in [3.8, 4) is 17.1 Å². The van der Waals surface area contributed by atoms with Gasteiger partial charge in [0.05, 0.1) is 33.2 Å². The Bertz CT molecular complexity index is 1490. The normalized spacial score (nSPS) is 14.1. The van der Waals surface area contributed by atoms with Gasteiger partial charge in [-0.2, -0.15) is 0 Å². The Labute approximate surface area is 269 Å². The number of carbonyl (C=O) groups excluding carboxylic acids is 1. The lowest BCUT2D eigenvalue weighted by Gasteiger charge is -2.37. The first kappa shape index (κ1) is 33.7. The van der Waals surface area contributed by atoms with E-state index in [1.807, 2.05) is 85.1 Å². The predicted molar refractivity (Wildman–Crippen MR) is 176 cm³/mol. The summed E-state index contributed by atoms with van der Waals surface area (Å²) in [6.45, 7) is 7.64. The molecule has 1 aliphatic heterocycles. The summed E-state index contributed by atoms with van der Waals surface area (Å²) < 4.78 is 2.03. The van der Waals surface area contributed by atoms with Crippen LogP contribution < -0.4 is 10.2 Å². The van der Waals surface area contributed by atoms with Gasteiger partial charge in [-0.25, -0.2) is 4.98 Å². The van der Waals surface area contributed by atoms with Crippen LogP contribution in [0.2, 0.25) is 10.0 Å². The van der Waals surface area contributed by atoms with Crippen molar-refractivity contribution in [2.24, 2.45) is 0 Å². The zero-order chi connectivity index (χ0) is 28.2. The third kappa shape index (κ3) is 7.40. The minimum absolute atomic E-state index is 0. The number of aliphatic hydroxyl groups is 1. The van der Waals surface area contributed by atoms with Gasteiger partial charge in [-0.1, -0.05) is 77.8 Å². The number of nitrogens with zero attached hydrogens (tertiary/aromatic N) is 4. The highest BCUT2D eigenvalue weighted by Gasteiger charge is 2.24. The first-order valence-electron chi connectivity index (χ1n) is 13.4. The number of β-amino-alcohol motifs (C(OH)–C–C–N with tert-alkyl or cyclic N) is 1. The van der Waals surface area contributed by atoms with Gasteiger partial charge in [0, 0.05) is 44.8 Å². The predicted octanol–water partition coefficient (Wildman–Crippen LogP) is 6.22. The van der Waals surface area contributed by atoms with E-state index < -0.39 is 6.10 Å². The second-order valence-corrected chi connectivity index (χ2v) is 10.9. The van der Waals surface area contributed by atoms with Crippen molar-refractivity contribution in [1.82, 2.24) is 19.8 Å². The number of hydrogen-bond donors (Lipinski definition) is 2. The molecule has 1 aromatic heterocycles. The van der Waals surface area contributed by atoms with Crippen LogP contribution in [0.5, 0.6) is 0 Å². The zero-order valence-corrected chi connectivity index (χ0v) is 26.6. The number of hydrogen-bond acceptors (Lipinski definition) is 5. The molecule has 1 atom stereocenters. The SMILES string of the molecule is Cc1ccccc1-n1c(-c2ccccc2)nc(C(=O)NCC(O)CN2CCN(c3cccc(Cl)c3Cl)CC2)c1C.Cl.Cl. The summed E-state index contributed by atoms with van der Waals surface area (Å²) in [6.07, 6.45) is -0.711. The van der Waals surface area contributed by atoms with Gasteiger partial charge in [-0.3, -0.25) is 14.3 Å². The topological polar surface area (TPSA) is 73.6 Å². The number of imidazole rings is 1. The summed E-state index contributed by atoms with van der Waals surface area (Å²) in [5, 5.41) is 14.8. The van der Waals surface area contributed by atoms with E-state index in [9.17, 15) is 9.90 Å². The van der Waals surface area contributed by atoms with Crippen LogP contribution >= 0.6 is 48.0 Å². The van der Waals surface area contributed by atoms with Gasteiger partial charge in [-0.05, 0) is 37.6 Å². The highest BCUT2D eigenvalue weighted by Crippen LogP contribution is 2.33. The van der Waals surface area contributed by atoms with Gasteiger partial charge in [0.1, 0.15) is 11.5 Å². The molecule has 2 heterocycles. The van der Waals surface area contributed by atoms with E-state index in [0.717, 1.165) is 54.4 Å². The van der Waals surface area contributed by atoms with Crippen LogP contribution in [0.15, 0.2) is 72.8 Å². The number of benzene rings is 3. The molecule has 7 nitrogen and oxygen atoms in total. The lowest BCUT2D eigenvalue weighted by atomic mass is 10.1. The number of nitrogens with one attached hydrogen (secondary N) is 1. The van der Waals surface area contributed by atoms with Gasteiger partial charge in [0.2, 0.25) is 0 Å². The Balaban J connectivity index is 0.00000242. The fourth-order valence-corrected chi connectivity index (χ4v) is 5.59. The van der Waals surface area contributed by atoms with E-state index in [1.165, 1.54) is 0 Å². The third-order valence-electron chi connectivity index (χ3n) is 7.32. The van der Waals surface area contributed by atoms with Gasteiger partial charge in [-0.15, -0.1) is 24.8 Å². The number of aliphatic hydroxyl groups excluding tert-OH is 1. The minimum Gasteiger partial charge on any atom is -0.390 e. The highest BCUT2D eigenvalue weighted by molar-refractivity contribution is 6.43. The van der Waals surface area contributed by atoms with Gasteiger partial charge in [0.15, 0.2) is 0 Å². The molecule has 0 bridgehead atoms. The number of piperazine rings is 1. The maximum Gasteiger partial charge on any atom is 0.271 e. The molecule has 1 aliphatic rings. The molecular weight excluding hydrogens is 616 g/mol. The Morgan fingerprint density at radius 1 is 0.905 bits per heavy atom. The van der Waals surface area contributed by atoms with Gasteiger partial charge < -0.3 is 15.3 Å². The fraction of sp³-hybridized carbons (Fsp3) is 0.290. The monoisotopic (exact) mass is 649 g/mol. The number of aryl methyl sites for hydroxylation is 1.